The molecule has 0 radical (unpaired) electrons. The van der Waals surface area contributed by atoms with Gasteiger partial charge in [0.15, 0.2) is 0 Å². The quantitative estimate of drug-likeness (QED) is 0.678. The molecule has 1 heterocycles. The Morgan fingerprint density at radius 3 is 2.36 bits per heavy atom. The van der Waals surface area contributed by atoms with Crippen molar-refractivity contribution in [2.45, 2.75) is 20.3 Å². The molecule has 3 rings (SSSR count). The molecule has 2 aromatic carbocycles. The summed E-state index contributed by atoms with van der Waals surface area (Å²) in [4.78, 5) is 0. The van der Waals surface area contributed by atoms with Crippen LogP contribution in [0.4, 0.5) is 5.69 Å². The molecule has 2 heteroatoms. The van der Waals surface area contributed by atoms with E-state index in [0.717, 1.165) is 6.42 Å². The molecule has 1 nitrogen and oxygen atoms in total. The van der Waals surface area contributed by atoms with Crippen molar-refractivity contribution in [1.82, 2.24) is 0 Å². The van der Waals surface area contributed by atoms with Crippen molar-refractivity contribution < 1.29 is 0 Å². The van der Waals surface area contributed by atoms with E-state index < -0.39 is 6.75 Å². The van der Waals surface area contributed by atoms with Crippen LogP contribution >= 0.6 is 6.75 Å². The van der Waals surface area contributed by atoms with Crippen molar-refractivity contribution in [2.24, 2.45) is 0 Å². The maximum atomic E-state index is 3.96. The number of rotatable bonds is 0. The molecule has 0 aromatic heterocycles. The van der Waals surface area contributed by atoms with Crippen LogP contribution in [0.5, 0.6) is 0 Å². The van der Waals surface area contributed by atoms with Crippen LogP contribution in [-0.2, 0) is 6.42 Å². The van der Waals surface area contributed by atoms with Gasteiger partial charge in [0.05, 0.1) is 0 Å². The number of hydrogen-bond acceptors (Lipinski definition) is 1. The zero-order chi connectivity index (χ0) is 16.0. The summed E-state index contributed by atoms with van der Waals surface area (Å²) in [5.41, 5.74) is 6.84. The first-order chi connectivity index (χ1) is 10.3. The molecule has 0 saturated heterocycles. The standard InChI is InChI=1S/C20H26NP/c1-15-13-14-16(2)20-18(15)11-8-10-17-9-6-7-12-19(17)21-22(20,3,4)5/h6-10,12-14,21H,11H2,1-5H3/b10-8-. The number of nitrogens with one attached hydrogen (secondary N) is 1. The van der Waals surface area contributed by atoms with E-state index in [1.54, 1.807) is 5.30 Å². The van der Waals surface area contributed by atoms with Crippen molar-refractivity contribution in [3.63, 3.8) is 0 Å². The third kappa shape index (κ3) is 2.59. The number of hydrogen-bond donors (Lipinski definition) is 1. The van der Waals surface area contributed by atoms with Crippen LogP contribution in [0.1, 0.15) is 22.3 Å². The number of allylic oxidation sites excluding steroid dienone is 1. The maximum absolute atomic E-state index is 3.96. The Labute approximate surface area is 134 Å². The first-order valence-corrected chi connectivity index (χ1v) is 11.5. The fourth-order valence-corrected chi connectivity index (χ4v) is 7.41. The monoisotopic (exact) mass is 311 g/mol. The second-order valence-corrected chi connectivity index (χ2v) is 13.9. The Morgan fingerprint density at radius 1 is 0.909 bits per heavy atom. The number of anilines is 1. The Kier molecular flexibility index (Phi) is 3.45. The van der Waals surface area contributed by atoms with Crippen LogP contribution in [0.15, 0.2) is 42.5 Å². The normalized spacial score (nSPS) is 21.6. The van der Waals surface area contributed by atoms with Crippen LogP contribution in [0.25, 0.3) is 6.08 Å². The molecular formula is C20H26NP. The molecule has 0 spiro atoms. The Balaban J connectivity index is 2.32. The van der Waals surface area contributed by atoms with Crippen molar-refractivity contribution in [3.05, 3.63) is 64.7 Å². The molecule has 0 fully saturated rings. The van der Waals surface area contributed by atoms with Gasteiger partial charge in [-0.1, -0.05) is 0 Å². The average Bonchev–Trinajstić information content (AvgIpc) is 2.47. The molecule has 0 amide bonds. The molecule has 116 valence electrons. The van der Waals surface area contributed by atoms with E-state index in [1.165, 1.54) is 27.9 Å². The summed E-state index contributed by atoms with van der Waals surface area (Å²) >= 11 is 0. The van der Waals surface area contributed by atoms with Crippen molar-refractivity contribution >= 4 is 23.8 Å². The second-order valence-electron chi connectivity index (χ2n) is 7.63. The van der Waals surface area contributed by atoms with Gasteiger partial charge >= 0.3 is 134 Å². The van der Waals surface area contributed by atoms with Crippen LogP contribution < -0.4 is 10.4 Å². The van der Waals surface area contributed by atoms with Gasteiger partial charge in [-0.3, -0.25) is 0 Å². The van der Waals surface area contributed by atoms with E-state index in [2.05, 4.69) is 87.5 Å². The minimum atomic E-state index is -2.23. The zero-order valence-corrected chi connectivity index (χ0v) is 15.2. The number of aryl methyl sites for hydroxylation is 2. The molecule has 0 saturated carbocycles. The SMILES string of the molecule is Cc1ccc(C)c2c1C/C=C\c1ccccc1NP2(C)(C)C. The summed E-state index contributed by atoms with van der Waals surface area (Å²) in [6.07, 6.45) is 5.57. The summed E-state index contributed by atoms with van der Waals surface area (Å²) in [6.45, 7) is 9.55. The molecule has 1 N–H and O–H groups in total. The van der Waals surface area contributed by atoms with Gasteiger partial charge in [0.25, 0.3) is 0 Å². The van der Waals surface area contributed by atoms with Crippen LogP contribution in [-0.4, -0.2) is 20.0 Å². The predicted octanol–water partition coefficient (Wildman–Crippen LogP) is 4.97. The second kappa shape index (κ2) is 4.96. The Bertz CT molecular complexity index is 763. The molecule has 0 atom stereocenters. The summed E-state index contributed by atoms with van der Waals surface area (Å²) in [7, 11) is 0. The van der Waals surface area contributed by atoms with E-state index in [0.29, 0.717) is 0 Å². The van der Waals surface area contributed by atoms with Gasteiger partial charge < -0.3 is 0 Å². The molecule has 2 aromatic rings. The van der Waals surface area contributed by atoms with Gasteiger partial charge in [0.2, 0.25) is 0 Å². The Morgan fingerprint density at radius 2 is 1.59 bits per heavy atom. The van der Waals surface area contributed by atoms with Crippen LogP contribution in [0, 0.1) is 13.8 Å². The predicted molar refractivity (Wildman–Crippen MR) is 103 cm³/mol. The molecule has 0 unspecified atom stereocenters. The Hall–Kier alpha value is -1.59. The zero-order valence-electron chi connectivity index (χ0n) is 14.3. The molecular weight excluding hydrogens is 285 g/mol. The van der Waals surface area contributed by atoms with Crippen molar-refractivity contribution in [3.8, 4) is 0 Å². The van der Waals surface area contributed by atoms with E-state index in [4.69, 9.17) is 0 Å². The molecule has 22 heavy (non-hydrogen) atoms. The van der Waals surface area contributed by atoms with E-state index in [9.17, 15) is 0 Å². The van der Waals surface area contributed by atoms with Gasteiger partial charge in [-0.25, -0.2) is 0 Å². The van der Waals surface area contributed by atoms with Crippen LogP contribution in [0.2, 0.25) is 0 Å². The number of fused-ring (bicyclic) bond motifs is 2. The van der Waals surface area contributed by atoms with Crippen LogP contribution in [0.3, 0.4) is 0 Å². The first-order valence-electron chi connectivity index (χ1n) is 7.91. The fraction of sp³-hybridized carbons (Fsp3) is 0.300. The van der Waals surface area contributed by atoms with Gasteiger partial charge in [0.1, 0.15) is 0 Å². The molecule has 0 bridgehead atoms. The number of para-hydroxylation sites is 1. The molecule has 1 aliphatic rings. The van der Waals surface area contributed by atoms with E-state index in [1.807, 2.05) is 0 Å². The third-order valence-electron chi connectivity index (χ3n) is 4.59. The van der Waals surface area contributed by atoms with Gasteiger partial charge in [-0.2, -0.15) is 0 Å². The number of benzene rings is 2. The first kappa shape index (κ1) is 15.3. The van der Waals surface area contributed by atoms with Gasteiger partial charge in [-0.05, 0) is 0 Å². The van der Waals surface area contributed by atoms with Crippen molar-refractivity contribution in [1.29, 1.82) is 0 Å². The summed E-state index contributed by atoms with van der Waals surface area (Å²) in [5, 5.41) is 5.51. The summed E-state index contributed by atoms with van der Waals surface area (Å²) in [5.74, 6) is 0. The summed E-state index contributed by atoms with van der Waals surface area (Å²) < 4.78 is 0. The van der Waals surface area contributed by atoms with Crippen molar-refractivity contribution in [2.75, 3.05) is 25.1 Å². The summed E-state index contributed by atoms with van der Waals surface area (Å²) in [6, 6.07) is 13.2. The van der Waals surface area contributed by atoms with Gasteiger partial charge in [0, 0.05) is 0 Å². The third-order valence-corrected chi connectivity index (χ3v) is 7.80. The minimum absolute atomic E-state index is 1.01. The average molecular weight is 311 g/mol. The topological polar surface area (TPSA) is 12.0 Å². The van der Waals surface area contributed by atoms with Gasteiger partial charge in [-0.15, -0.1) is 0 Å². The fourth-order valence-electron chi connectivity index (χ4n) is 3.73. The molecule has 0 aliphatic carbocycles. The molecule has 1 aliphatic heterocycles. The van der Waals surface area contributed by atoms with E-state index in [-0.39, 0.29) is 0 Å². The van der Waals surface area contributed by atoms with E-state index >= 15 is 0 Å².